The lowest BCUT2D eigenvalue weighted by Gasteiger charge is -2.52. The molecule has 108 valence electrons. The van der Waals surface area contributed by atoms with E-state index < -0.39 is 5.54 Å². The molecule has 1 heterocycles. The monoisotopic (exact) mass is 266 g/mol. The molecule has 2 rings (SSSR count). The lowest BCUT2D eigenvalue weighted by atomic mass is 9.78. The summed E-state index contributed by atoms with van der Waals surface area (Å²) in [6.07, 6.45) is 6.20. The summed E-state index contributed by atoms with van der Waals surface area (Å²) < 4.78 is 0. The Kier molecular flexibility index (Phi) is 3.63. The minimum absolute atomic E-state index is 0.0178. The molecule has 1 saturated carbocycles. The van der Waals surface area contributed by atoms with E-state index in [1.807, 2.05) is 25.7 Å². The number of hydrogen-bond donors (Lipinski definition) is 1. The van der Waals surface area contributed by atoms with Gasteiger partial charge in [-0.05, 0) is 40.0 Å². The largest absolute Gasteiger partial charge is 0.340 e. The highest BCUT2D eigenvalue weighted by molar-refractivity contribution is 5.99. The molecule has 1 aliphatic carbocycles. The Morgan fingerprint density at radius 3 is 2.32 bits per heavy atom. The second-order valence-corrected chi connectivity index (χ2v) is 6.58. The average molecular weight is 266 g/mol. The smallest absolute Gasteiger partial charge is 0.249 e. The molecule has 19 heavy (non-hydrogen) atoms. The van der Waals surface area contributed by atoms with Crippen LogP contribution in [0.1, 0.15) is 66.2 Å². The maximum Gasteiger partial charge on any atom is 0.249 e. The number of hydrogen-bond acceptors (Lipinski definition) is 2. The van der Waals surface area contributed by atoms with Gasteiger partial charge in [-0.25, -0.2) is 0 Å². The van der Waals surface area contributed by atoms with Crippen LogP contribution in [0.15, 0.2) is 0 Å². The van der Waals surface area contributed by atoms with Gasteiger partial charge in [-0.15, -0.1) is 0 Å². The summed E-state index contributed by atoms with van der Waals surface area (Å²) in [6, 6.07) is -0.352. The van der Waals surface area contributed by atoms with Gasteiger partial charge in [0.05, 0.1) is 0 Å². The van der Waals surface area contributed by atoms with Gasteiger partial charge >= 0.3 is 0 Å². The molecule has 1 aliphatic heterocycles. The molecule has 0 aromatic rings. The van der Waals surface area contributed by atoms with Gasteiger partial charge in [0.1, 0.15) is 11.6 Å². The van der Waals surface area contributed by atoms with E-state index in [9.17, 15) is 9.59 Å². The standard InChI is InChI=1S/C15H26N2O2/c1-5-15(4)13(19)17(11(2)12(18)16-15)14(3)9-7-6-8-10-14/h11H,5-10H2,1-4H3,(H,16,18). The fraction of sp³-hybridized carbons (Fsp3) is 0.867. The Morgan fingerprint density at radius 2 is 1.79 bits per heavy atom. The van der Waals surface area contributed by atoms with E-state index in [2.05, 4.69) is 12.2 Å². The van der Waals surface area contributed by atoms with Crippen molar-refractivity contribution in [1.82, 2.24) is 10.2 Å². The van der Waals surface area contributed by atoms with E-state index >= 15 is 0 Å². The SMILES string of the molecule is CCC1(C)NC(=O)C(C)N(C2(C)CCCCC2)C1=O. The minimum Gasteiger partial charge on any atom is -0.340 e. The first-order valence-electron chi connectivity index (χ1n) is 7.50. The van der Waals surface area contributed by atoms with Crippen LogP contribution in [0.5, 0.6) is 0 Å². The summed E-state index contributed by atoms with van der Waals surface area (Å²) in [5.41, 5.74) is -0.882. The van der Waals surface area contributed by atoms with Crippen LogP contribution in [-0.2, 0) is 9.59 Å². The number of amides is 2. The van der Waals surface area contributed by atoms with E-state index in [4.69, 9.17) is 0 Å². The Morgan fingerprint density at radius 1 is 1.21 bits per heavy atom. The van der Waals surface area contributed by atoms with E-state index in [0.717, 1.165) is 25.7 Å². The van der Waals surface area contributed by atoms with Crippen LogP contribution in [0.3, 0.4) is 0 Å². The van der Waals surface area contributed by atoms with Crippen molar-refractivity contribution >= 4 is 11.8 Å². The first-order chi connectivity index (χ1) is 8.84. The van der Waals surface area contributed by atoms with Crippen molar-refractivity contribution in [2.75, 3.05) is 0 Å². The third-order valence-corrected chi connectivity index (χ3v) is 5.08. The predicted molar refractivity (Wildman–Crippen MR) is 74.6 cm³/mol. The molecule has 1 saturated heterocycles. The van der Waals surface area contributed by atoms with Gasteiger partial charge in [-0.2, -0.15) is 0 Å². The van der Waals surface area contributed by atoms with Gasteiger partial charge < -0.3 is 10.2 Å². The van der Waals surface area contributed by atoms with Crippen molar-refractivity contribution in [2.45, 2.75) is 83.3 Å². The second-order valence-electron chi connectivity index (χ2n) is 6.58. The van der Waals surface area contributed by atoms with Crippen molar-refractivity contribution in [3.63, 3.8) is 0 Å². The zero-order valence-electron chi connectivity index (χ0n) is 12.6. The summed E-state index contributed by atoms with van der Waals surface area (Å²) in [5.74, 6) is 0.0715. The van der Waals surface area contributed by atoms with E-state index in [-0.39, 0.29) is 23.4 Å². The predicted octanol–water partition coefficient (Wildman–Crippen LogP) is 2.22. The highest BCUT2D eigenvalue weighted by Gasteiger charge is 2.51. The molecule has 0 radical (unpaired) electrons. The second kappa shape index (κ2) is 4.80. The van der Waals surface area contributed by atoms with Gasteiger partial charge in [-0.1, -0.05) is 26.2 Å². The van der Waals surface area contributed by atoms with E-state index in [1.54, 1.807) is 0 Å². The maximum atomic E-state index is 12.8. The third kappa shape index (κ3) is 2.26. The number of nitrogens with zero attached hydrogens (tertiary/aromatic N) is 1. The van der Waals surface area contributed by atoms with Crippen LogP contribution in [0.25, 0.3) is 0 Å². The molecular weight excluding hydrogens is 240 g/mol. The summed E-state index contributed by atoms with van der Waals surface area (Å²) in [6.45, 7) is 7.80. The number of piperazine rings is 1. The molecule has 1 N–H and O–H groups in total. The summed E-state index contributed by atoms with van der Waals surface area (Å²) in [4.78, 5) is 26.9. The maximum absolute atomic E-state index is 12.8. The minimum atomic E-state index is -0.732. The summed E-state index contributed by atoms with van der Waals surface area (Å²) >= 11 is 0. The summed E-state index contributed by atoms with van der Waals surface area (Å²) in [5, 5.41) is 2.90. The topological polar surface area (TPSA) is 49.4 Å². The molecule has 0 aromatic carbocycles. The molecule has 0 bridgehead atoms. The van der Waals surface area contributed by atoms with Crippen molar-refractivity contribution in [2.24, 2.45) is 0 Å². The molecule has 2 unspecified atom stereocenters. The van der Waals surface area contributed by atoms with Gasteiger partial charge in [0.25, 0.3) is 0 Å². The Bertz CT molecular complexity index is 388. The van der Waals surface area contributed by atoms with Crippen LogP contribution in [0.4, 0.5) is 0 Å². The highest BCUT2D eigenvalue weighted by atomic mass is 16.2. The number of rotatable bonds is 2. The molecule has 2 atom stereocenters. The molecule has 4 heteroatoms. The van der Waals surface area contributed by atoms with Gasteiger partial charge in [0.15, 0.2) is 0 Å². The van der Waals surface area contributed by atoms with Crippen molar-refractivity contribution in [1.29, 1.82) is 0 Å². The molecule has 4 nitrogen and oxygen atoms in total. The first kappa shape index (κ1) is 14.4. The van der Waals surface area contributed by atoms with E-state index in [0.29, 0.717) is 6.42 Å². The molecule has 2 fully saturated rings. The van der Waals surface area contributed by atoms with Crippen LogP contribution < -0.4 is 5.32 Å². The van der Waals surface area contributed by atoms with Crippen LogP contribution in [0.2, 0.25) is 0 Å². The van der Waals surface area contributed by atoms with Crippen molar-refractivity contribution in [3.8, 4) is 0 Å². The summed E-state index contributed by atoms with van der Waals surface area (Å²) in [7, 11) is 0. The van der Waals surface area contributed by atoms with Gasteiger partial charge in [-0.3, -0.25) is 9.59 Å². The number of carbonyl (C=O) groups excluding carboxylic acids is 2. The van der Waals surface area contributed by atoms with Gasteiger partial charge in [0.2, 0.25) is 11.8 Å². The molecular formula is C15H26N2O2. The zero-order valence-corrected chi connectivity index (χ0v) is 12.6. The van der Waals surface area contributed by atoms with Gasteiger partial charge in [0, 0.05) is 5.54 Å². The number of carbonyl (C=O) groups is 2. The lowest BCUT2D eigenvalue weighted by Crippen LogP contribution is -2.72. The van der Waals surface area contributed by atoms with Crippen LogP contribution in [-0.4, -0.2) is 33.8 Å². The average Bonchev–Trinajstić information content (AvgIpc) is 2.37. The fourth-order valence-electron chi connectivity index (χ4n) is 3.50. The highest BCUT2D eigenvalue weighted by Crippen LogP contribution is 2.38. The molecule has 2 amide bonds. The molecule has 0 spiro atoms. The number of nitrogens with one attached hydrogen (secondary N) is 1. The lowest BCUT2D eigenvalue weighted by molar-refractivity contribution is -0.162. The Balaban J connectivity index is 2.35. The molecule has 2 aliphatic rings. The quantitative estimate of drug-likeness (QED) is 0.833. The molecule has 0 aromatic heterocycles. The third-order valence-electron chi connectivity index (χ3n) is 5.08. The van der Waals surface area contributed by atoms with Crippen LogP contribution in [0, 0.1) is 0 Å². The normalized spacial score (nSPS) is 35.2. The van der Waals surface area contributed by atoms with Crippen LogP contribution >= 0.6 is 0 Å². The fourth-order valence-corrected chi connectivity index (χ4v) is 3.50. The van der Waals surface area contributed by atoms with Crippen molar-refractivity contribution < 1.29 is 9.59 Å². The first-order valence-corrected chi connectivity index (χ1v) is 7.50. The van der Waals surface area contributed by atoms with E-state index in [1.165, 1.54) is 6.42 Å². The zero-order chi connectivity index (χ0) is 14.3. The Labute approximate surface area is 115 Å². The van der Waals surface area contributed by atoms with Crippen molar-refractivity contribution in [3.05, 3.63) is 0 Å². The Hall–Kier alpha value is -1.06.